The van der Waals surface area contributed by atoms with E-state index in [4.69, 9.17) is 0 Å². The van der Waals surface area contributed by atoms with Crippen molar-refractivity contribution in [3.8, 4) is 0 Å². The van der Waals surface area contributed by atoms with E-state index in [-0.39, 0.29) is 49.1 Å². The van der Waals surface area contributed by atoms with Gasteiger partial charge in [0.05, 0.1) is 7.11 Å². The van der Waals surface area contributed by atoms with Crippen LogP contribution in [0.25, 0.3) is 0 Å². The molecule has 7 nitrogen and oxygen atoms in total. The molecule has 0 aliphatic carbocycles. The van der Waals surface area contributed by atoms with E-state index in [9.17, 15) is 19.5 Å². The number of benzene rings is 1. The molecule has 0 aromatic heterocycles. The number of nitrogens with one attached hydrogen (secondary N) is 1. The predicted octanol–water partition coefficient (Wildman–Crippen LogP) is 2.26. The Morgan fingerprint density at radius 1 is 1.10 bits per heavy atom. The third-order valence-corrected chi connectivity index (χ3v) is 5.70. The van der Waals surface area contributed by atoms with Crippen LogP contribution < -0.4 is 5.32 Å². The molecule has 0 spiro atoms. The van der Waals surface area contributed by atoms with E-state index in [1.54, 1.807) is 17.0 Å². The molecular formula is C23H34N2O5. The number of rotatable bonds is 5. The topological polar surface area (TPSA) is 95.9 Å². The first-order chi connectivity index (χ1) is 13.9. The highest BCUT2D eigenvalue weighted by atomic mass is 16.5. The van der Waals surface area contributed by atoms with Crippen LogP contribution in [0.5, 0.6) is 0 Å². The fourth-order valence-electron chi connectivity index (χ4n) is 3.55. The Morgan fingerprint density at radius 3 is 2.07 bits per heavy atom. The summed E-state index contributed by atoms with van der Waals surface area (Å²) in [6.07, 6.45) is 0.219. The summed E-state index contributed by atoms with van der Waals surface area (Å²) in [6, 6.07) is 6.72. The van der Waals surface area contributed by atoms with Crippen molar-refractivity contribution in [2.24, 2.45) is 5.92 Å². The van der Waals surface area contributed by atoms with Crippen molar-refractivity contribution in [3.63, 3.8) is 0 Å². The number of carbonyl (C=O) groups excluding carboxylic acids is 3. The highest BCUT2D eigenvalue weighted by molar-refractivity contribution is 5.97. The van der Waals surface area contributed by atoms with Crippen LogP contribution in [-0.2, 0) is 19.7 Å². The smallest absolute Gasteiger partial charge is 0.337 e. The van der Waals surface area contributed by atoms with Gasteiger partial charge in [0.1, 0.15) is 6.04 Å². The lowest BCUT2D eigenvalue weighted by Gasteiger charge is -2.38. The normalized spacial score (nSPS) is 17.4. The molecule has 0 bridgehead atoms. The average Bonchev–Trinajstić information content (AvgIpc) is 2.70. The number of amides is 2. The number of piperidine rings is 1. The summed E-state index contributed by atoms with van der Waals surface area (Å²) >= 11 is 0. The van der Waals surface area contributed by atoms with Crippen molar-refractivity contribution >= 4 is 17.8 Å². The second-order valence-electron chi connectivity index (χ2n) is 9.37. The molecule has 0 radical (unpaired) electrons. The van der Waals surface area contributed by atoms with Crippen molar-refractivity contribution in [2.75, 3.05) is 20.2 Å². The van der Waals surface area contributed by atoms with Gasteiger partial charge in [-0.15, -0.1) is 0 Å². The van der Waals surface area contributed by atoms with E-state index in [0.717, 1.165) is 5.56 Å². The number of nitrogens with zero attached hydrogens (tertiary/aromatic N) is 1. The molecule has 1 aromatic rings. The van der Waals surface area contributed by atoms with Crippen molar-refractivity contribution < 1.29 is 24.2 Å². The van der Waals surface area contributed by atoms with Gasteiger partial charge in [0, 0.05) is 31.5 Å². The van der Waals surface area contributed by atoms with Crippen LogP contribution in [0.1, 0.15) is 63.4 Å². The lowest BCUT2D eigenvalue weighted by molar-refractivity contribution is -0.169. The molecule has 1 saturated heterocycles. The first-order valence-electron chi connectivity index (χ1n) is 10.4. The average molecular weight is 419 g/mol. The molecule has 1 aliphatic heterocycles. The van der Waals surface area contributed by atoms with Gasteiger partial charge in [-0.3, -0.25) is 9.59 Å². The Labute approximate surface area is 178 Å². The number of hydrogen-bond donors (Lipinski definition) is 2. The van der Waals surface area contributed by atoms with Gasteiger partial charge in [-0.25, -0.2) is 4.79 Å². The SMILES string of the molecule is COC(=O)C1(O)CCN(C(=O)C(NC(=O)c2ccc(C(C)(C)C)cc2)C(C)C)CC1. The molecule has 1 aromatic carbocycles. The molecule has 1 aliphatic rings. The van der Waals surface area contributed by atoms with Gasteiger partial charge in [-0.05, 0) is 29.0 Å². The standard InChI is InChI=1S/C23H34N2O5/c1-15(2)18(20(27)25-13-11-23(29,12-14-25)21(28)30-6)24-19(26)16-7-9-17(10-8-16)22(3,4)5/h7-10,15,18,29H,11-14H2,1-6H3,(H,24,26). The maximum atomic E-state index is 13.1. The number of likely N-dealkylation sites (tertiary alicyclic amines) is 1. The number of aliphatic hydroxyl groups is 1. The lowest BCUT2D eigenvalue weighted by Crippen LogP contribution is -2.56. The molecule has 30 heavy (non-hydrogen) atoms. The van der Waals surface area contributed by atoms with Gasteiger partial charge in [0.25, 0.3) is 5.91 Å². The van der Waals surface area contributed by atoms with E-state index in [2.05, 4.69) is 30.8 Å². The zero-order valence-corrected chi connectivity index (χ0v) is 18.8. The Morgan fingerprint density at radius 2 is 1.63 bits per heavy atom. The quantitative estimate of drug-likeness (QED) is 0.715. The summed E-state index contributed by atoms with van der Waals surface area (Å²) in [5.41, 5.74) is 0.0602. The second kappa shape index (κ2) is 9.16. The monoisotopic (exact) mass is 418 g/mol. The van der Waals surface area contributed by atoms with Crippen LogP contribution in [-0.4, -0.2) is 59.6 Å². The van der Waals surface area contributed by atoms with Crippen molar-refractivity contribution in [1.82, 2.24) is 10.2 Å². The number of methoxy groups -OCH3 is 1. The Balaban J connectivity index is 2.06. The Hall–Kier alpha value is -2.41. The highest BCUT2D eigenvalue weighted by Gasteiger charge is 2.42. The van der Waals surface area contributed by atoms with Gasteiger partial charge in [-0.1, -0.05) is 46.8 Å². The van der Waals surface area contributed by atoms with Crippen LogP contribution in [0.15, 0.2) is 24.3 Å². The number of ether oxygens (including phenoxy) is 1. The molecule has 1 heterocycles. The fourth-order valence-corrected chi connectivity index (χ4v) is 3.55. The number of hydrogen-bond acceptors (Lipinski definition) is 5. The summed E-state index contributed by atoms with van der Waals surface area (Å²) in [6.45, 7) is 10.5. The van der Waals surface area contributed by atoms with Crippen LogP contribution in [0.4, 0.5) is 0 Å². The summed E-state index contributed by atoms with van der Waals surface area (Å²) in [7, 11) is 1.23. The van der Waals surface area contributed by atoms with Crippen molar-refractivity contribution in [3.05, 3.63) is 35.4 Å². The molecule has 2 rings (SSSR count). The van der Waals surface area contributed by atoms with Gasteiger partial charge in [0.15, 0.2) is 5.60 Å². The van der Waals surface area contributed by atoms with Gasteiger partial charge in [-0.2, -0.15) is 0 Å². The molecule has 1 atom stereocenters. The molecular weight excluding hydrogens is 384 g/mol. The van der Waals surface area contributed by atoms with E-state index in [1.165, 1.54) is 7.11 Å². The van der Waals surface area contributed by atoms with E-state index in [0.29, 0.717) is 5.56 Å². The van der Waals surface area contributed by atoms with E-state index < -0.39 is 17.6 Å². The molecule has 2 amide bonds. The van der Waals surface area contributed by atoms with Crippen LogP contribution in [0.2, 0.25) is 0 Å². The largest absolute Gasteiger partial charge is 0.467 e. The minimum atomic E-state index is -1.56. The van der Waals surface area contributed by atoms with E-state index in [1.807, 2.05) is 26.0 Å². The Kier molecular flexibility index (Phi) is 7.29. The molecule has 0 saturated carbocycles. The van der Waals surface area contributed by atoms with E-state index >= 15 is 0 Å². The first kappa shape index (κ1) is 23.9. The maximum Gasteiger partial charge on any atom is 0.337 e. The lowest BCUT2D eigenvalue weighted by atomic mass is 9.86. The number of carbonyl (C=O) groups is 3. The highest BCUT2D eigenvalue weighted by Crippen LogP contribution is 2.25. The summed E-state index contributed by atoms with van der Waals surface area (Å²) in [4.78, 5) is 39.2. The minimum absolute atomic E-state index is 0.00811. The second-order valence-corrected chi connectivity index (χ2v) is 9.37. The Bertz CT molecular complexity index is 772. The molecule has 1 unspecified atom stereocenters. The molecule has 7 heteroatoms. The molecule has 1 fully saturated rings. The summed E-state index contributed by atoms with van der Waals surface area (Å²) in [5.74, 6) is -1.30. The van der Waals surface area contributed by atoms with Crippen molar-refractivity contribution in [2.45, 2.75) is 64.5 Å². The maximum absolute atomic E-state index is 13.1. The minimum Gasteiger partial charge on any atom is -0.467 e. The van der Waals surface area contributed by atoms with Gasteiger partial charge >= 0.3 is 5.97 Å². The zero-order valence-electron chi connectivity index (χ0n) is 18.8. The zero-order chi connectivity index (χ0) is 22.7. The third kappa shape index (κ3) is 5.39. The third-order valence-electron chi connectivity index (χ3n) is 5.70. The van der Waals surface area contributed by atoms with Crippen LogP contribution in [0, 0.1) is 5.92 Å². The fraction of sp³-hybridized carbons (Fsp3) is 0.609. The molecule has 2 N–H and O–H groups in total. The van der Waals surface area contributed by atoms with Crippen LogP contribution >= 0.6 is 0 Å². The van der Waals surface area contributed by atoms with Gasteiger partial charge < -0.3 is 20.1 Å². The summed E-state index contributed by atoms with van der Waals surface area (Å²) in [5, 5.41) is 13.2. The number of esters is 1. The summed E-state index contributed by atoms with van der Waals surface area (Å²) < 4.78 is 4.66. The van der Waals surface area contributed by atoms with Gasteiger partial charge in [0.2, 0.25) is 5.91 Å². The predicted molar refractivity (Wildman–Crippen MR) is 114 cm³/mol. The first-order valence-corrected chi connectivity index (χ1v) is 10.4. The van der Waals surface area contributed by atoms with Crippen LogP contribution in [0.3, 0.4) is 0 Å². The van der Waals surface area contributed by atoms with Crippen molar-refractivity contribution in [1.29, 1.82) is 0 Å². The molecule has 166 valence electrons.